The van der Waals surface area contributed by atoms with Crippen LogP contribution in [0.1, 0.15) is 12.5 Å². The van der Waals surface area contributed by atoms with Crippen molar-refractivity contribution in [3.05, 3.63) is 58.1 Å². The number of methoxy groups -OCH3 is 1. The summed E-state index contributed by atoms with van der Waals surface area (Å²) < 4.78 is 32.8. The van der Waals surface area contributed by atoms with Gasteiger partial charge in [0.05, 0.1) is 17.2 Å². The molecule has 0 heterocycles. The molecule has 4 nitrogen and oxygen atoms in total. The normalized spacial score (nSPS) is 12.9. The Kier molecular flexibility index (Phi) is 5.92. The second kappa shape index (κ2) is 7.53. The molecule has 1 unspecified atom stereocenters. The number of hydrogen-bond donors (Lipinski definition) is 1. The van der Waals surface area contributed by atoms with E-state index in [1.807, 2.05) is 24.3 Å². The highest BCUT2D eigenvalue weighted by Gasteiger charge is 2.23. The molecule has 1 atom stereocenters. The minimum Gasteiger partial charge on any atom is -0.497 e. The average Bonchev–Trinajstić information content (AvgIpc) is 2.46. The third-order valence-electron chi connectivity index (χ3n) is 3.22. The number of nitrogens with one attached hydrogen (secondary N) is 1. The Morgan fingerprint density at radius 1 is 1.13 bits per heavy atom. The van der Waals surface area contributed by atoms with E-state index in [9.17, 15) is 8.42 Å². The quantitative estimate of drug-likeness (QED) is 0.834. The van der Waals surface area contributed by atoms with E-state index in [4.69, 9.17) is 27.9 Å². The van der Waals surface area contributed by atoms with Crippen LogP contribution in [0.15, 0.2) is 47.4 Å². The van der Waals surface area contributed by atoms with Gasteiger partial charge in [-0.25, -0.2) is 13.1 Å². The molecular formula is C16H17Cl2NO3S. The van der Waals surface area contributed by atoms with Crippen molar-refractivity contribution in [2.24, 2.45) is 0 Å². The highest BCUT2D eigenvalue weighted by molar-refractivity contribution is 7.89. The van der Waals surface area contributed by atoms with Crippen molar-refractivity contribution in [2.75, 3.05) is 7.11 Å². The summed E-state index contributed by atoms with van der Waals surface area (Å²) in [4.78, 5) is -0.0965. The molecule has 0 saturated carbocycles. The van der Waals surface area contributed by atoms with Gasteiger partial charge in [0.2, 0.25) is 10.0 Å². The van der Waals surface area contributed by atoms with Crippen molar-refractivity contribution >= 4 is 33.2 Å². The molecule has 2 aromatic carbocycles. The highest BCUT2D eigenvalue weighted by Crippen LogP contribution is 2.29. The summed E-state index contributed by atoms with van der Waals surface area (Å²) in [6, 6.07) is 11.7. The van der Waals surface area contributed by atoms with Gasteiger partial charge in [0.1, 0.15) is 10.6 Å². The molecule has 2 aromatic rings. The first-order valence-corrected chi connectivity index (χ1v) is 9.16. The molecule has 0 aromatic heterocycles. The lowest BCUT2D eigenvalue weighted by atomic mass is 10.1. The highest BCUT2D eigenvalue weighted by atomic mass is 35.5. The molecule has 0 radical (unpaired) electrons. The minimum atomic E-state index is -3.80. The van der Waals surface area contributed by atoms with Gasteiger partial charge in [-0.2, -0.15) is 0 Å². The molecule has 23 heavy (non-hydrogen) atoms. The van der Waals surface area contributed by atoms with E-state index in [0.717, 1.165) is 11.3 Å². The molecule has 7 heteroatoms. The van der Waals surface area contributed by atoms with E-state index in [1.165, 1.54) is 12.1 Å². The van der Waals surface area contributed by atoms with Crippen LogP contribution >= 0.6 is 23.2 Å². The zero-order chi connectivity index (χ0) is 17.0. The van der Waals surface area contributed by atoms with Crippen LogP contribution in [-0.4, -0.2) is 21.6 Å². The van der Waals surface area contributed by atoms with E-state index in [0.29, 0.717) is 6.42 Å². The Morgan fingerprint density at radius 3 is 2.35 bits per heavy atom. The van der Waals surface area contributed by atoms with Gasteiger partial charge in [-0.3, -0.25) is 0 Å². The van der Waals surface area contributed by atoms with Crippen LogP contribution in [0.5, 0.6) is 5.75 Å². The fourth-order valence-corrected chi connectivity index (χ4v) is 4.64. The summed E-state index contributed by atoms with van der Waals surface area (Å²) in [6.07, 6.45) is 0.512. The lowest BCUT2D eigenvalue weighted by Crippen LogP contribution is -2.34. The SMILES string of the molecule is COc1cccc(CC(C)NS(=O)(=O)c2c(Cl)cccc2Cl)c1. The summed E-state index contributed by atoms with van der Waals surface area (Å²) in [5, 5.41) is 0.192. The number of sulfonamides is 1. The molecule has 0 aliphatic carbocycles. The largest absolute Gasteiger partial charge is 0.497 e. The predicted octanol–water partition coefficient (Wildman–Crippen LogP) is 3.91. The molecule has 124 valence electrons. The molecule has 1 N–H and O–H groups in total. The van der Waals surface area contributed by atoms with Crippen molar-refractivity contribution in [2.45, 2.75) is 24.3 Å². The smallest absolute Gasteiger partial charge is 0.243 e. The molecule has 2 rings (SSSR count). The first kappa shape index (κ1) is 18.1. The molecular weight excluding hydrogens is 357 g/mol. The second-order valence-corrected chi connectivity index (χ2v) is 7.59. The Morgan fingerprint density at radius 2 is 1.74 bits per heavy atom. The van der Waals surface area contributed by atoms with Gasteiger partial charge in [-0.1, -0.05) is 41.4 Å². The number of ether oxygens (including phenoxy) is 1. The van der Waals surface area contributed by atoms with Gasteiger partial charge >= 0.3 is 0 Å². The maximum Gasteiger partial charge on any atom is 0.243 e. The summed E-state index contributed by atoms with van der Waals surface area (Å²) >= 11 is 12.0. The van der Waals surface area contributed by atoms with Gasteiger partial charge in [0.25, 0.3) is 0 Å². The zero-order valence-corrected chi connectivity index (χ0v) is 15.0. The summed E-state index contributed by atoms with van der Waals surface area (Å²) in [6.45, 7) is 1.78. The Labute approximate surface area is 146 Å². The standard InChI is InChI=1S/C16H17Cl2NO3S/c1-11(9-12-5-3-6-13(10-12)22-2)19-23(20,21)16-14(17)7-4-8-15(16)18/h3-8,10-11,19H,9H2,1-2H3. The van der Waals surface area contributed by atoms with Gasteiger partial charge in [0.15, 0.2) is 0 Å². The van der Waals surface area contributed by atoms with Crippen LogP contribution in [0, 0.1) is 0 Å². The first-order valence-electron chi connectivity index (χ1n) is 6.93. The average molecular weight is 374 g/mol. The Balaban J connectivity index is 2.17. The maximum absolute atomic E-state index is 12.5. The molecule has 0 fully saturated rings. The molecule has 0 spiro atoms. The number of hydrogen-bond acceptors (Lipinski definition) is 3. The van der Waals surface area contributed by atoms with Crippen LogP contribution in [0.25, 0.3) is 0 Å². The lowest BCUT2D eigenvalue weighted by molar-refractivity contribution is 0.414. The van der Waals surface area contributed by atoms with Crippen molar-refractivity contribution in [1.82, 2.24) is 4.72 Å². The molecule has 0 bridgehead atoms. The minimum absolute atomic E-state index is 0.0959. The molecule has 0 amide bonds. The predicted molar refractivity (Wildman–Crippen MR) is 92.9 cm³/mol. The fraction of sp³-hybridized carbons (Fsp3) is 0.250. The molecule has 0 aliphatic rings. The Bertz CT molecular complexity index is 773. The van der Waals surface area contributed by atoms with E-state index in [1.54, 1.807) is 20.1 Å². The van der Waals surface area contributed by atoms with E-state index < -0.39 is 10.0 Å². The molecule has 0 aliphatic heterocycles. The number of benzene rings is 2. The van der Waals surface area contributed by atoms with Gasteiger partial charge in [-0.15, -0.1) is 0 Å². The fourth-order valence-electron chi connectivity index (χ4n) is 2.26. The van der Waals surface area contributed by atoms with Crippen LogP contribution in [0.3, 0.4) is 0 Å². The number of rotatable bonds is 6. The van der Waals surface area contributed by atoms with Crippen molar-refractivity contribution in [3.63, 3.8) is 0 Å². The van der Waals surface area contributed by atoms with Crippen molar-refractivity contribution in [1.29, 1.82) is 0 Å². The summed E-state index contributed by atoms with van der Waals surface area (Å²) in [5.41, 5.74) is 0.963. The monoisotopic (exact) mass is 373 g/mol. The van der Waals surface area contributed by atoms with E-state index >= 15 is 0 Å². The topological polar surface area (TPSA) is 55.4 Å². The van der Waals surface area contributed by atoms with E-state index in [2.05, 4.69) is 4.72 Å². The van der Waals surface area contributed by atoms with Crippen molar-refractivity contribution in [3.8, 4) is 5.75 Å². The maximum atomic E-state index is 12.5. The lowest BCUT2D eigenvalue weighted by Gasteiger charge is -2.16. The summed E-state index contributed by atoms with van der Waals surface area (Å²) in [5.74, 6) is 0.728. The first-order chi connectivity index (χ1) is 10.8. The number of halogens is 2. The molecule has 0 saturated heterocycles. The van der Waals surface area contributed by atoms with Crippen LogP contribution < -0.4 is 9.46 Å². The van der Waals surface area contributed by atoms with Gasteiger partial charge < -0.3 is 4.74 Å². The third kappa shape index (κ3) is 4.61. The van der Waals surface area contributed by atoms with E-state index in [-0.39, 0.29) is 21.0 Å². The van der Waals surface area contributed by atoms with Gasteiger partial charge in [0, 0.05) is 6.04 Å². The van der Waals surface area contributed by atoms with Gasteiger partial charge in [-0.05, 0) is 43.2 Å². The van der Waals surface area contributed by atoms with Crippen LogP contribution in [0.2, 0.25) is 10.0 Å². The second-order valence-electron chi connectivity index (χ2n) is 5.13. The van der Waals surface area contributed by atoms with Crippen molar-refractivity contribution < 1.29 is 13.2 Å². The third-order valence-corrected chi connectivity index (χ3v) is 5.76. The zero-order valence-electron chi connectivity index (χ0n) is 12.7. The van der Waals surface area contributed by atoms with Crippen LogP contribution in [-0.2, 0) is 16.4 Å². The Hall–Kier alpha value is -1.27. The van der Waals surface area contributed by atoms with Crippen LogP contribution in [0.4, 0.5) is 0 Å². The summed E-state index contributed by atoms with van der Waals surface area (Å²) in [7, 11) is -2.21.